The predicted molar refractivity (Wildman–Crippen MR) is 123 cm³/mol. The minimum Gasteiger partial charge on any atom is -0.466 e. The Bertz CT molecular complexity index is 755. The lowest BCUT2D eigenvalue weighted by atomic mass is 9.70. The van der Waals surface area contributed by atoms with E-state index >= 15 is 0 Å². The molecular formula is C25H40N2O6. The summed E-state index contributed by atoms with van der Waals surface area (Å²) in [6.07, 6.45) is 4.73. The highest BCUT2D eigenvalue weighted by Crippen LogP contribution is 2.59. The average Bonchev–Trinajstić information content (AvgIpc) is 3.42. The highest BCUT2D eigenvalue weighted by molar-refractivity contribution is 5.98. The topological polar surface area (TPSA) is 96.4 Å². The van der Waals surface area contributed by atoms with Crippen molar-refractivity contribution in [2.24, 2.45) is 17.8 Å². The lowest BCUT2D eigenvalue weighted by Gasteiger charge is -2.39. The average molecular weight is 465 g/mol. The molecule has 3 aliphatic heterocycles. The summed E-state index contributed by atoms with van der Waals surface area (Å²) in [5.74, 6) is -2.16. The van der Waals surface area contributed by atoms with Gasteiger partial charge in [-0.25, -0.2) is 0 Å². The van der Waals surface area contributed by atoms with Gasteiger partial charge in [-0.1, -0.05) is 33.3 Å². The van der Waals surface area contributed by atoms with E-state index in [1.807, 2.05) is 13.8 Å². The number of carbonyl (C=O) groups is 3. The van der Waals surface area contributed by atoms with Crippen molar-refractivity contribution < 1.29 is 29.0 Å². The van der Waals surface area contributed by atoms with Crippen molar-refractivity contribution in [1.82, 2.24) is 9.80 Å². The Morgan fingerprint density at radius 3 is 2.70 bits per heavy atom. The van der Waals surface area contributed by atoms with E-state index in [0.29, 0.717) is 32.4 Å². The van der Waals surface area contributed by atoms with Crippen LogP contribution in [0.4, 0.5) is 0 Å². The van der Waals surface area contributed by atoms with Gasteiger partial charge in [-0.3, -0.25) is 14.4 Å². The molecule has 0 saturated carbocycles. The number of hydrogen-bond donors (Lipinski definition) is 1. The Morgan fingerprint density at radius 2 is 2.12 bits per heavy atom. The van der Waals surface area contributed by atoms with Crippen molar-refractivity contribution in [2.45, 2.75) is 83.6 Å². The van der Waals surface area contributed by atoms with Gasteiger partial charge in [0, 0.05) is 13.1 Å². The molecule has 1 spiro atoms. The summed E-state index contributed by atoms with van der Waals surface area (Å²) in [7, 11) is 0. The predicted octanol–water partition coefficient (Wildman–Crippen LogP) is 2.15. The van der Waals surface area contributed by atoms with Crippen LogP contribution in [-0.4, -0.2) is 82.8 Å². The molecule has 6 atom stereocenters. The molecular weight excluding hydrogens is 424 g/mol. The van der Waals surface area contributed by atoms with Crippen molar-refractivity contribution in [3.8, 4) is 0 Å². The maximum absolute atomic E-state index is 14.0. The number of amides is 2. The molecule has 3 aliphatic rings. The first-order valence-electron chi connectivity index (χ1n) is 12.4. The Hall–Kier alpha value is -1.93. The third-order valence-electron chi connectivity index (χ3n) is 7.32. The largest absolute Gasteiger partial charge is 0.466 e. The standard InChI is InChI=1S/C25H40N2O6/c1-6-9-13-26(12-7-2)23(30)21-25-11-10-18(33-25)19(24(31)32-8-3)20(25)22(29)27(21)17(15-28)14-16(4)5/h7,16-21,28H,2,6,8-15H2,1,3-5H3/t17-,18+,19-,20-,21+,25-/m1/s1. The lowest BCUT2D eigenvalue weighted by molar-refractivity contribution is -0.156. The van der Waals surface area contributed by atoms with Gasteiger partial charge in [0.25, 0.3) is 0 Å². The van der Waals surface area contributed by atoms with Gasteiger partial charge in [-0.15, -0.1) is 6.58 Å². The van der Waals surface area contributed by atoms with Gasteiger partial charge in [-0.2, -0.15) is 0 Å². The smallest absolute Gasteiger partial charge is 0.312 e. The molecule has 0 aliphatic carbocycles. The maximum Gasteiger partial charge on any atom is 0.312 e. The zero-order valence-corrected chi connectivity index (χ0v) is 20.5. The van der Waals surface area contributed by atoms with Crippen LogP contribution >= 0.6 is 0 Å². The fourth-order valence-corrected chi connectivity index (χ4v) is 6.06. The third-order valence-corrected chi connectivity index (χ3v) is 7.32. The number of ether oxygens (including phenoxy) is 2. The third kappa shape index (κ3) is 4.44. The molecule has 3 heterocycles. The minimum atomic E-state index is -1.06. The van der Waals surface area contributed by atoms with Crippen molar-refractivity contribution in [3.63, 3.8) is 0 Å². The zero-order chi connectivity index (χ0) is 24.3. The van der Waals surface area contributed by atoms with Crippen LogP contribution in [0.5, 0.6) is 0 Å². The highest BCUT2D eigenvalue weighted by Gasteiger charge is 2.75. The molecule has 0 radical (unpaired) electrons. The molecule has 0 aromatic rings. The molecule has 0 unspecified atom stereocenters. The minimum absolute atomic E-state index is 0.188. The monoisotopic (exact) mass is 464 g/mol. The SMILES string of the molecule is C=CCN(CCCC)C(=O)[C@@H]1N([C@@H](CO)CC(C)C)C(=O)[C@H]2[C@H](C(=O)OCC)[C@@H]3CC[C@]12O3. The van der Waals surface area contributed by atoms with Crippen molar-refractivity contribution >= 4 is 17.8 Å². The van der Waals surface area contributed by atoms with Crippen molar-refractivity contribution in [3.05, 3.63) is 12.7 Å². The first kappa shape index (κ1) is 25.7. The van der Waals surface area contributed by atoms with E-state index in [0.717, 1.165) is 12.8 Å². The number of hydrogen-bond acceptors (Lipinski definition) is 6. The Kier molecular flexibility index (Phi) is 8.22. The van der Waals surface area contributed by atoms with E-state index in [-0.39, 0.29) is 30.9 Å². The van der Waals surface area contributed by atoms with Crippen LogP contribution in [0.3, 0.4) is 0 Å². The van der Waals surface area contributed by atoms with Crippen LogP contribution in [0, 0.1) is 17.8 Å². The number of likely N-dealkylation sites (tertiary alicyclic amines) is 1. The molecule has 3 fully saturated rings. The summed E-state index contributed by atoms with van der Waals surface area (Å²) in [4.78, 5) is 44.1. The number of fused-ring (bicyclic) bond motifs is 1. The van der Waals surface area contributed by atoms with E-state index in [4.69, 9.17) is 9.47 Å². The number of carbonyl (C=O) groups excluding carboxylic acids is 3. The van der Waals surface area contributed by atoms with Crippen LogP contribution in [0.1, 0.15) is 59.8 Å². The molecule has 33 heavy (non-hydrogen) atoms. The first-order valence-corrected chi connectivity index (χ1v) is 12.4. The Balaban J connectivity index is 2.06. The summed E-state index contributed by atoms with van der Waals surface area (Å²) in [6, 6.07) is -1.39. The molecule has 3 saturated heterocycles. The molecule has 8 nitrogen and oxygen atoms in total. The maximum atomic E-state index is 14.0. The molecule has 1 N–H and O–H groups in total. The summed E-state index contributed by atoms with van der Waals surface area (Å²) in [5.41, 5.74) is -1.06. The number of rotatable bonds is 12. The van der Waals surface area contributed by atoms with E-state index in [1.165, 1.54) is 0 Å². The number of esters is 1. The van der Waals surface area contributed by atoms with E-state index < -0.39 is 41.6 Å². The molecule has 186 valence electrons. The normalized spacial score (nSPS) is 31.1. The Morgan fingerprint density at radius 1 is 1.39 bits per heavy atom. The fourth-order valence-electron chi connectivity index (χ4n) is 6.06. The number of aliphatic hydroxyl groups excluding tert-OH is 1. The molecule has 2 bridgehead atoms. The number of unbranched alkanes of at least 4 members (excludes halogenated alkanes) is 1. The quantitative estimate of drug-likeness (QED) is 0.351. The van der Waals surface area contributed by atoms with Crippen molar-refractivity contribution in [1.29, 1.82) is 0 Å². The van der Waals surface area contributed by atoms with E-state index in [1.54, 1.807) is 22.8 Å². The van der Waals surface area contributed by atoms with Gasteiger partial charge < -0.3 is 24.4 Å². The van der Waals surface area contributed by atoms with E-state index in [9.17, 15) is 19.5 Å². The summed E-state index contributed by atoms with van der Waals surface area (Å²) in [5, 5.41) is 10.3. The zero-order valence-electron chi connectivity index (χ0n) is 20.5. The molecule has 2 amide bonds. The molecule has 8 heteroatoms. The van der Waals surface area contributed by atoms with Crippen LogP contribution in [0.15, 0.2) is 12.7 Å². The highest BCUT2D eigenvalue weighted by atomic mass is 16.6. The summed E-state index contributed by atoms with van der Waals surface area (Å²) >= 11 is 0. The van der Waals surface area contributed by atoms with Crippen LogP contribution in [-0.2, 0) is 23.9 Å². The second-order valence-electron chi connectivity index (χ2n) is 9.95. The molecule has 0 aromatic heterocycles. The van der Waals surface area contributed by atoms with Gasteiger partial charge in [0.05, 0.1) is 37.2 Å². The summed E-state index contributed by atoms with van der Waals surface area (Å²) < 4.78 is 11.7. The van der Waals surface area contributed by atoms with Gasteiger partial charge in [0.1, 0.15) is 11.6 Å². The van der Waals surface area contributed by atoms with Gasteiger partial charge >= 0.3 is 5.97 Å². The Labute approximate surface area is 197 Å². The fraction of sp³-hybridized carbons (Fsp3) is 0.800. The van der Waals surface area contributed by atoms with Gasteiger partial charge in [-0.05, 0) is 38.5 Å². The lowest BCUT2D eigenvalue weighted by Crippen LogP contribution is -2.59. The van der Waals surface area contributed by atoms with Crippen LogP contribution in [0.2, 0.25) is 0 Å². The second kappa shape index (κ2) is 10.6. The van der Waals surface area contributed by atoms with Gasteiger partial charge in [0.2, 0.25) is 11.8 Å². The number of nitrogens with zero attached hydrogens (tertiary/aromatic N) is 2. The number of aliphatic hydroxyl groups is 1. The second-order valence-corrected chi connectivity index (χ2v) is 9.95. The van der Waals surface area contributed by atoms with Crippen molar-refractivity contribution in [2.75, 3.05) is 26.3 Å². The van der Waals surface area contributed by atoms with Crippen LogP contribution in [0.25, 0.3) is 0 Å². The molecule has 0 aromatic carbocycles. The first-order chi connectivity index (χ1) is 15.8. The molecule has 3 rings (SSSR count). The van der Waals surface area contributed by atoms with Gasteiger partial charge in [0.15, 0.2) is 0 Å². The van der Waals surface area contributed by atoms with Crippen LogP contribution < -0.4 is 0 Å². The van der Waals surface area contributed by atoms with E-state index in [2.05, 4.69) is 13.5 Å². The summed E-state index contributed by atoms with van der Waals surface area (Å²) in [6.45, 7) is 12.5.